The van der Waals surface area contributed by atoms with Gasteiger partial charge in [-0.3, -0.25) is 0 Å². The molecule has 1 N–H and O–H groups in total. The highest BCUT2D eigenvalue weighted by atomic mass is 16.4. The van der Waals surface area contributed by atoms with Gasteiger partial charge in [0.05, 0.1) is 5.56 Å². The van der Waals surface area contributed by atoms with Gasteiger partial charge in [0.25, 0.3) is 0 Å². The fourth-order valence-electron chi connectivity index (χ4n) is 2.59. The first-order chi connectivity index (χ1) is 12.6. The van der Waals surface area contributed by atoms with Crippen molar-refractivity contribution in [2.24, 2.45) is 0 Å². The Morgan fingerprint density at radius 1 is 0.923 bits per heavy atom. The Morgan fingerprint density at radius 3 is 2.31 bits per heavy atom. The van der Waals surface area contributed by atoms with Crippen molar-refractivity contribution < 1.29 is 9.90 Å². The van der Waals surface area contributed by atoms with E-state index in [1.54, 1.807) is 24.3 Å². The van der Waals surface area contributed by atoms with Gasteiger partial charge in [0.15, 0.2) is 0 Å². The van der Waals surface area contributed by atoms with Crippen molar-refractivity contribution >= 4 is 12.0 Å². The summed E-state index contributed by atoms with van der Waals surface area (Å²) in [5.74, 6) is 5.09. The summed E-state index contributed by atoms with van der Waals surface area (Å²) in [7, 11) is 0. The number of carboxylic acids is 1. The lowest BCUT2D eigenvalue weighted by molar-refractivity contribution is 0.0697. The van der Waals surface area contributed by atoms with Crippen LogP contribution in [-0.2, 0) is 0 Å². The van der Waals surface area contributed by atoms with Gasteiger partial charge in [-0.1, -0.05) is 65.9 Å². The summed E-state index contributed by atoms with van der Waals surface area (Å²) < 4.78 is 0. The molecule has 0 saturated carbocycles. The highest BCUT2D eigenvalue weighted by Crippen LogP contribution is 2.24. The minimum absolute atomic E-state index is 0.262. The molecule has 0 amide bonds. The normalized spacial score (nSPS) is 10.3. The highest BCUT2D eigenvalue weighted by Gasteiger charge is 2.01. The van der Waals surface area contributed by atoms with Gasteiger partial charge in [-0.05, 0) is 60.0 Å². The quantitative estimate of drug-likeness (QED) is 0.647. The molecular weight excluding hydrogens is 320 g/mol. The number of aryl methyl sites for hydroxylation is 1. The van der Waals surface area contributed by atoms with Crippen molar-refractivity contribution in [2.45, 2.75) is 6.92 Å². The van der Waals surface area contributed by atoms with E-state index in [-0.39, 0.29) is 5.56 Å². The van der Waals surface area contributed by atoms with Crippen molar-refractivity contribution in [3.63, 3.8) is 0 Å². The van der Waals surface area contributed by atoms with Gasteiger partial charge in [-0.15, -0.1) is 0 Å². The van der Waals surface area contributed by atoms with Gasteiger partial charge >= 0.3 is 5.97 Å². The molecule has 0 fully saturated rings. The molecule has 26 heavy (non-hydrogen) atoms. The molecular formula is C24H18O2. The summed E-state index contributed by atoms with van der Waals surface area (Å²) in [4.78, 5) is 10.8. The third-order valence-electron chi connectivity index (χ3n) is 4.02. The maximum atomic E-state index is 10.8. The summed E-state index contributed by atoms with van der Waals surface area (Å²) >= 11 is 0. The molecule has 0 aliphatic heterocycles. The molecule has 0 spiro atoms. The largest absolute Gasteiger partial charge is 0.478 e. The van der Waals surface area contributed by atoms with E-state index in [0.29, 0.717) is 0 Å². The predicted octanol–water partition coefficient (Wildman–Crippen LogP) is 5.43. The van der Waals surface area contributed by atoms with Gasteiger partial charge in [-0.25, -0.2) is 4.79 Å². The average molecular weight is 338 g/mol. The van der Waals surface area contributed by atoms with Crippen molar-refractivity contribution in [1.29, 1.82) is 0 Å². The Labute approximate surface area is 153 Å². The minimum Gasteiger partial charge on any atom is -0.478 e. The molecule has 0 aliphatic carbocycles. The number of hydrogen-bond donors (Lipinski definition) is 1. The SMILES string of the molecule is Cc1ccc(-c2ccccc2/C=C/C#Cc2ccc(C(=O)O)cc2)cc1. The molecule has 0 heterocycles. The molecule has 3 aromatic carbocycles. The summed E-state index contributed by atoms with van der Waals surface area (Å²) in [5, 5.41) is 8.90. The molecule has 0 radical (unpaired) electrons. The van der Waals surface area contributed by atoms with Crippen LogP contribution >= 0.6 is 0 Å². The summed E-state index contributed by atoms with van der Waals surface area (Å²) in [5.41, 5.74) is 5.72. The lowest BCUT2D eigenvalue weighted by Gasteiger charge is -2.06. The molecule has 0 aromatic heterocycles. The van der Waals surface area contributed by atoms with E-state index in [4.69, 9.17) is 5.11 Å². The zero-order chi connectivity index (χ0) is 18.4. The van der Waals surface area contributed by atoms with E-state index in [9.17, 15) is 4.79 Å². The molecule has 0 unspecified atom stereocenters. The number of allylic oxidation sites excluding steroid dienone is 1. The monoisotopic (exact) mass is 338 g/mol. The molecule has 0 bridgehead atoms. The number of hydrogen-bond acceptors (Lipinski definition) is 1. The summed E-state index contributed by atoms with van der Waals surface area (Å²) in [6, 6.07) is 23.2. The minimum atomic E-state index is -0.933. The molecule has 3 aromatic rings. The molecule has 2 heteroatoms. The second kappa shape index (κ2) is 8.00. The second-order valence-corrected chi connectivity index (χ2v) is 5.94. The van der Waals surface area contributed by atoms with Gasteiger partial charge in [0, 0.05) is 5.56 Å². The predicted molar refractivity (Wildman–Crippen MR) is 106 cm³/mol. The van der Waals surface area contributed by atoms with Gasteiger partial charge in [0.1, 0.15) is 0 Å². The van der Waals surface area contributed by atoms with Gasteiger partial charge in [0.2, 0.25) is 0 Å². The highest BCUT2D eigenvalue weighted by molar-refractivity contribution is 5.87. The smallest absolute Gasteiger partial charge is 0.335 e. The third kappa shape index (κ3) is 4.28. The molecule has 2 nitrogen and oxygen atoms in total. The van der Waals surface area contributed by atoms with E-state index >= 15 is 0 Å². The molecule has 0 atom stereocenters. The Kier molecular flexibility index (Phi) is 5.31. The van der Waals surface area contributed by atoms with E-state index in [1.807, 2.05) is 24.3 Å². The fourth-order valence-corrected chi connectivity index (χ4v) is 2.59. The summed E-state index contributed by atoms with van der Waals surface area (Å²) in [6.07, 6.45) is 3.81. The van der Waals surface area contributed by atoms with Crippen molar-refractivity contribution in [2.75, 3.05) is 0 Å². The Balaban J connectivity index is 1.80. The van der Waals surface area contributed by atoms with Crippen LogP contribution < -0.4 is 0 Å². The zero-order valence-corrected chi connectivity index (χ0v) is 14.4. The third-order valence-corrected chi connectivity index (χ3v) is 4.02. The first-order valence-electron chi connectivity index (χ1n) is 8.31. The standard InChI is InChI=1S/C24H18O2/c1-18-10-14-21(15-11-18)23-9-5-4-8-20(23)7-3-2-6-19-12-16-22(17-13-19)24(25)26/h3-5,7-17H,1H3,(H,25,26)/b7-3+. The van der Waals surface area contributed by atoms with Gasteiger partial charge < -0.3 is 5.11 Å². The average Bonchev–Trinajstić information content (AvgIpc) is 2.67. The molecule has 3 rings (SSSR count). The summed E-state index contributed by atoms with van der Waals surface area (Å²) in [6.45, 7) is 2.08. The number of carboxylic acid groups (broad SMARTS) is 1. The lowest BCUT2D eigenvalue weighted by Crippen LogP contribution is -1.94. The van der Waals surface area contributed by atoms with E-state index in [2.05, 4.69) is 55.2 Å². The van der Waals surface area contributed by atoms with Crippen LogP contribution in [0.15, 0.2) is 78.9 Å². The Hall–Kier alpha value is -3.57. The van der Waals surface area contributed by atoms with Crippen LogP contribution in [0.2, 0.25) is 0 Å². The van der Waals surface area contributed by atoms with E-state index in [0.717, 1.165) is 16.7 Å². The van der Waals surface area contributed by atoms with Crippen LogP contribution in [0.4, 0.5) is 0 Å². The number of aromatic carboxylic acids is 1. The number of benzene rings is 3. The number of rotatable bonds is 3. The molecule has 0 aliphatic rings. The van der Waals surface area contributed by atoms with E-state index in [1.165, 1.54) is 11.1 Å². The van der Waals surface area contributed by atoms with Gasteiger partial charge in [-0.2, -0.15) is 0 Å². The second-order valence-electron chi connectivity index (χ2n) is 5.94. The van der Waals surface area contributed by atoms with Crippen molar-refractivity contribution in [3.05, 3.63) is 101 Å². The maximum Gasteiger partial charge on any atom is 0.335 e. The van der Waals surface area contributed by atoms with Crippen LogP contribution in [0.25, 0.3) is 17.2 Å². The van der Waals surface area contributed by atoms with Crippen LogP contribution in [0, 0.1) is 18.8 Å². The van der Waals surface area contributed by atoms with Crippen molar-refractivity contribution in [3.8, 4) is 23.0 Å². The first kappa shape index (κ1) is 17.3. The number of carbonyl (C=O) groups is 1. The molecule has 0 saturated heterocycles. The molecule has 126 valence electrons. The Morgan fingerprint density at radius 2 is 1.62 bits per heavy atom. The maximum absolute atomic E-state index is 10.8. The van der Waals surface area contributed by atoms with Crippen LogP contribution in [0.3, 0.4) is 0 Å². The van der Waals surface area contributed by atoms with Crippen LogP contribution in [0.5, 0.6) is 0 Å². The van der Waals surface area contributed by atoms with Crippen molar-refractivity contribution in [1.82, 2.24) is 0 Å². The van der Waals surface area contributed by atoms with Crippen LogP contribution in [0.1, 0.15) is 27.0 Å². The fraction of sp³-hybridized carbons (Fsp3) is 0.0417. The Bertz CT molecular complexity index is 999. The topological polar surface area (TPSA) is 37.3 Å². The first-order valence-corrected chi connectivity index (χ1v) is 8.31. The van der Waals surface area contributed by atoms with E-state index < -0.39 is 5.97 Å². The van der Waals surface area contributed by atoms with Crippen LogP contribution in [-0.4, -0.2) is 11.1 Å². The lowest BCUT2D eigenvalue weighted by atomic mass is 9.98. The zero-order valence-electron chi connectivity index (χ0n) is 14.4.